The number of hydrogen-bond acceptors (Lipinski definition) is 7. The molecule has 0 aliphatic heterocycles. The molecule has 0 saturated carbocycles. The van der Waals surface area contributed by atoms with E-state index in [1.807, 2.05) is 24.4 Å². The predicted octanol–water partition coefficient (Wildman–Crippen LogP) is 0.750. The highest BCUT2D eigenvalue weighted by Crippen LogP contribution is 2.17. The molecule has 2 heterocycles. The van der Waals surface area contributed by atoms with Gasteiger partial charge in [-0.25, -0.2) is 4.79 Å². The van der Waals surface area contributed by atoms with Crippen molar-refractivity contribution in [2.24, 2.45) is 0 Å². The van der Waals surface area contributed by atoms with Crippen LogP contribution in [0.3, 0.4) is 0 Å². The van der Waals surface area contributed by atoms with Crippen LogP contribution < -0.4 is 27.2 Å². The van der Waals surface area contributed by atoms with Gasteiger partial charge >= 0.3 is 5.69 Å². The molecule has 0 spiro atoms. The Balaban J connectivity index is 2.24. The fraction of sp³-hybridized carbons (Fsp3) is 0.500. The van der Waals surface area contributed by atoms with Crippen molar-refractivity contribution in [2.75, 3.05) is 37.4 Å². The largest absolute Gasteiger partial charge is 0.383 e. The first kappa shape index (κ1) is 21.7. The number of aromatic nitrogens is 2. The number of ether oxygens (including phenoxy) is 1. The van der Waals surface area contributed by atoms with E-state index in [4.69, 9.17) is 10.5 Å². The number of nitrogens with two attached hydrogens (primary N) is 1. The van der Waals surface area contributed by atoms with Gasteiger partial charge in [0.2, 0.25) is 5.91 Å². The van der Waals surface area contributed by atoms with E-state index in [0.717, 1.165) is 17.7 Å². The van der Waals surface area contributed by atoms with Gasteiger partial charge in [-0.2, -0.15) is 0 Å². The van der Waals surface area contributed by atoms with Crippen LogP contribution in [0.4, 0.5) is 11.5 Å². The van der Waals surface area contributed by atoms with E-state index in [-0.39, 0.29) is 30.5 Å². The molecule has 0 atom stereocenters. The normalized spacial score (nSPS) is 10.8. The molecule has 0 aromatic carbocycles. The van der Waals surface area contributed by atoms with Crippen molar-refractivity contribution in [1.29, 1.82) is 0 Å². The third-order valence-corrected chi connectivity index (χ3v) is 5.08. The zero-order valence-corrected chi connectivity index (χ0v) is 17.0. The smallest absolute Gasteiger partial charge is 0.330 e. The highest BCUT2D eigenvalue weighted by atomic mass is 32.1. The van der Waals surface area contributed by atoms with Crippen molar-refractivity contribution in [3.8, 4) is 0 Å². The molecule has 0 radical (unpaired) electrons. The number of hydrogen-bond donors (Lipinski definition) is 3. The first-order chi connectivity index (χ1) is 13.5. The summed E-state index contributed by atoms with van der Waals surface area (Å²) in [6.45, 7) is 3.31. The maximum Gasteiger partial charge on any atom is 0.330 e. The van der Waals surface area contributed by atoms with E-state index in [9.17, 15) is 14.4 Å². The lowest BCUT2D eigenvalue weighted by Gasteiger charge is -2.25. The van der Waals surface area contributed by atoms with E-state index >= 15 is 0 Å². The first-order valence-electron chi connectivity index (χ1n) is 9.13. The van der Waals surface area contributed by atoms with Gasteiger partial charge in [0, 0.05) is 25.1 Å². The third kappa shape index (κ3) is 5.70. The Bertz CT molecular complexity index is 875. The van der Waals surface area contributed by atoms with Gasteiger partial charge in [-0.05, 0) is 17.9 Å². The van der Waals surface area contributed by atoms with Gasteiger partial charge in [0.1, 0.15) is 11.5 Å². The Kier molecular flexibility index (Phi) is 8.27. The molecule has 0 bridgehead atoms. The molecule has 0 aliphatic carbocycles. The van der Waals surface area contributed by atoms with Gasteiger partial charge in [-0.15, -0.1) is 11.3 Å². The van der Waals surface area contributed by atoms with Crippen LogP contribution in [0.5, 0.6) is 0 Å². The minimum Gasteiger partial charge on any atom is -0.383 e. The van der Waals surface area contributed by atoms with Gasteiger partial charge in [0.25, 0.3) is 5.56 Å². The van der Waals surface area contributed by atoms with Crippen molar-refractivity contribution in [1.82, 2.24) is 14.9 Å². The summed E-state index contributed by atoms with van der Waals surface area (Å²) < 4.78 is 6.44. The molecule has 2 aromatic rings. The van der Waals surface area contributed by atoms with Gasteiger partial charge < -0.3 is 20.7 Å². The molecule has 0 aliphatic rings. The second kappa shape index (κ2) is 10.7. The van der Waals surface area contributed by atoms with E-state index in [1.165, 1.54) is 11.7 Å². The Morgan fingerprint density at radius 3 is 2.86 bits per heavy atom. The molecule has 0 saturated heterocycles. The van der Waals surface area contributed by atoms with Gasteiger partial charge in [-0.1, -0.05) is 19.4 Å². The number of carbonyl (C=O) groups is 1. The summed E-state index contributed by atoms with van der Waals surface area (Å²) in [4.78, 5) is 41.9. The molecule has 9 nitrogen and oxygen atoms in total. The Hall–Kier alpha value is -2.59. The minimum atomic E-state index is -0.614. The lowest BCUT2D eigenvalue weighted by molar-refractivity contribution is -0.119. The molecule has 2 aromatic heterocycles. The number of aromatic amines is 1. The van der Waals surface area contributed by atoms with Gasteiger partial charge in [-0.3, -0.25) is 19.1 Å². The average molecular weight is 410 g/mol. The maximum atomic E-state index is 12.5. The lowest BCUT2D eigenvalue weighted by atomic mass is 10.3. The molecular formula is C18H27N5O4S. The summed E-state index contributed by atoms with van der Waals surface area (Å²) >= 11 is 1.55. The highest BCUT2D eigenvalue weighted by molar-refractivity contribution is 7.09. The number of unbranched alkanes of at least 4 members (excludes halogenated alkanes) is 1. The summed E-state index contributed by atoms with van der Waals surface area (Å²) in [5.74, 6) is -0.195. The second-order valence-corrected chi connectivity index (χ2v) is 7.30. The number of nitrogens with one attached hydrogen (secondary N) is 2. The number of rotatable bonds is 11. The fourth-order valence-electron chi connectivity index (χ4n) is 2.72. The average Bonchev–Trinajstić information content (AvgIpc) is 3.17. The molecular weight excluding hydrogens is 382 g/mol. The van der Waals surface area contributed by atoms with E-state index in [2.05, 4.69) is 10.3 Å². The number of nitrogen functional groups attached to an aromatic ring is 1. The van der Waals surface area contributed by atoms with Crippen molar-refractivity contribution in [2.45, 2.75) is 32.9 Å². The SMILES string of the molecule is CCCCn1c(N)c(N(CCOC)CC(=O)NCc2cccs2)c(=O)[nH]c1=O. The zero-order valence-electron chi connectivity index (χ0n) is 16.2. The Morgan fingerprint density at radius 2 is 2.21 bits per heavy atom. The fourth-order valence-corrected chi connectivity index (χ4v) is 3.37. The standard InChI is InChI=1S/C18H27N5O4S/c1-3-4-7-23-16(19)15(17(25)21-18(23)26)22(8-9-27-2)12-14(24)20-11-13-6-5-10-28-13/h5-6,10H,3-4,7-9,11-12,19H2,1-2H3,(H,20,24)(H,21,25,26). The van der Waals surface area contributed by atoms with Crippen LogP contribution in [0.1, 0.15) is 24.6 Å². The third-order valence-electron chi connectivity index (χ3n) is 4.21. The molecule has 0 fully saturated rings. The molecule has 154 valence electrons. The molecule has 2 rings (SSSR count). The van der Waals surface area contributed by atoms with E-state index < -0.39 is 11.2 Å². The summed E-state index contributed by atoms with van der Waals surface area (Å²) in [5, 5.41) is 4.77. The van der Waals surface area contributed by atoms with Crippen LogP contribution in [-0.4, -0.2) is 42.3 Å². The van der Waals surface area contributed by atoms with Gasteiger partial charge in [0.15, 0.2) is 0 Å². The van der Waals surface area contributed by atoms with E-state index in [0.29, 0.717) is 19.7 Å². The molecule has 0 unspecified atom stereocenters. The van der Waals surface area contributed by atoms with Crippen molar-refractivity contribution >= 4 is 28.7 Å². The number of nitrogens with zero attached hydrogens (tertiary/aromatic N) is 2. The zero-order chi connectivity index (χ0) is 20.5. The monoisotopic (exact) mass is 409 g/mol. The topological polar surface area (TPSA) is 122 Å². The van der Waals surface area contributed by atoms with Crippen molar-refractivity contribution in [3.05, 3.63) is 43.2 Å². The molecule has 4 N–H and O–H groups in total. The number of thiophene rings is 1. The quantitative estimate of drug-likeness (QED) is 0.503. The minimum absolute atomic E-state index is 0.0596. The van der Waals surface area contributed by atoms with Crippen molar-refractivity contribution in [3.63, 3.8) is 0 Å². The number of anilines is 2. The highest BCUT2D eigenvalue weighted by Gasteiger charge is 2.21. The summed E-state index contributed by atoms with van der Waals surface area (Å²) in [6.07, 6.45) is 1.62. The van der Waals surface area contributed by atoms with Crippen LogP contribution in [0.2, 0.25) is 0 Å². The summed E-state index contributed by atoms with van der Waals surface area (Å²) in [7, 11) is 1.53. The van der Waals surface area contributed by atoms with Crippen LogP contribution in [0.15, 0.2) is 27.1 Å². The Labute approximate surface area is 167 Å². The van der Waals surface area contributed by atoms with Crippen LogP contribution in [0.25, 0.3) is 0 Å². The summed E-state index contributed by atoms with van der Waals surface area (Å²) in [5.41, 5.74) is 5.10. The maximum absolute atomic E-state index is 12.5. The van der Waals surface area contributed by atoms with Crippen LogP contribution in [0, 0.1) is 0 Å². The van der Waals surface area contributed by atoms with Gasteiger partial charge in [0.05, 0.1) is 19.7 Å². The Morgan fingerprint density at radius 1 is 1.43 bits per heavy atom. The first-order valence-corrected chi connectivity index (χ1v) is 10.0. The number of carbonyl (C=O) groups excluding carboxylic acids is 1. The lowest BCUT2D eigenvalue weighted by Crippen LogP contribution is -2.44. The number of methoxy groups -OCH3 is 1. The molecule has 10 heteroatoms. The van der Waals surface area contributed by atoms with E-state index in [1.54, 1.807) is 16.2 Å². The van der Waals surface area contributed by atoms with Crippen LogP contribution >= 0.6 is 11.3 Å². The van der Waals surface area contributed by atoms with Crippen LogP contribution in [-0.2, 0) is 22.6 Å². The summed E-state index contributed by atoms with van der Waals surface area (Å²) in [6, 6.07) is 3.84. The number of amides is 1. The predicted molar refractivity (Wildman–Crippen MR) is 111 cm³/mol. The molecule has 28 heavy (non-hydrogen) atoms. The number of H-pyrrole nitrogens is 1. The van der Waals surface area contributed by atoms with Crippen molar-refractivity contribution < 1.29 is 9.53 Å². The second-order valence-electron chi connectivity index (χ2n) is 6.27. The molecule has 1 amide bonds.